The quantitative estimate of drug-likeness (QED) is 0.0496. The number of rotatable bonds is 10. The summed E-state index contributed by atoms with van der Waals surface area (Å²) in [4.78, 5) is 43.0. The summed E-state index contributed by atoms with van der Waals surface area (Å²) in [6.45, 7) is 10.3. The van der Waals surface area contributed by atoms with Crippen LogP contribution in [0.4, 0.5) is 10.5 Å². The Bertz CT molecular complexity index is 2550. The van der Waals surface area contributed by atoms with E-state index in [0.29, 0.717) is 56.8 Å². The van der Waals surface area contributed by atoms with Crippen LogP contribution in [0.25, 0.3) is 10.9 Å². The molecule has 2 bridgehead atoms. The summed E-state index contributed by atoms with van der Waals surface area (Å²) in [6.07, 6.45) is 7.41. The highest BCUT2D eigenvalue weighted by molar-refractivity contribution is 8.76. The van der Waals surface area contributed by atoms with Gasteiger partial charge in [-0.2, -0.15) is 0 Å². The zero-order valence-electron chi connectivity index (χ0n) is 38.5. The van der Waals surface area contributed by atoms with Gasteiger partial charge in [0.1, 0.15) is 23.5 Å². The van der Waals surface area contributed by atoms with Crippen LogP contribution in [0.2, 0.25) is 0 Å². The number of carbonyl (C=O) groups is 2. The van der Waals surface area contributed by atoms with Crippen molar-refractivity contribution in [2.45, 2.75) is 105 Å². The van der Waals surface area contributed by atoms with Crippen LogP contribution in [0, 0.1) is 11.3 Å². The van der Waals surface area contributed by atoms with Gasteiger partial charge in [-0.1, -0.05) is 61.1 Å². The molecule has 1 aliphatic carbocycles. The van der Waals surface area contributed by atoms with Gasteiger partial charge >= 0.3 is 6.09 Å². The number of nitrogens with one attached hydrogen (secondary N) is 3. The second-order valence-electron chi connectivity index (χ2n) is 19.8. The summed E-state index contributed by atoms with van der Waals surface area (Å²) in [7, 11) is 6.56. The van der Waals surface area contributed by atoms with Crippen molar-refractivity contribution in [1.29, 1.82) is 0 Å². The van der Waals surface area contributed by atoms with E-state index in [-0.39, 0.29) is 18.6 Å². The van der Waals surface area contributed by atoms with Gasteiger partial charge in [0.2, 0.25) is 0 Å². The number of nitrogens with zero attached hydrogens (tertiary/aromatic N) is 4. The number of amides is 2. The van der Waals surface area contributed by atoms with E-state index in [9.17, 15) is 24.9 Å². The highest BCUT2D eigenvalue weighted by Crippen LogP contribution is 2.67. The van der Waals surface area contributed by atoms with Crippen molar-refractivity contribution in [1.82, 2.24) is 30.6 Å². The minimum Gasteiger partial charge on any atom is -0.496 e. The first kappa shape index (κ1) is 45.5. The Morgan fingerprint density at radius 2 is 1.83 bits per heavy atom. The summed E-state index contributed by atoms with van der Waals surface area (Å²) < 4.78 is 11.9. The summed E-state index contributed by atoms with van der Waals surface area (Å²) in [5.41, 5.74) is 5.52. The molecule has 3 fully saturated rings. The minimum atomic E-state index is -2.41. The van der Waals surface area contributed by atoms with Gasteiger partial charge in [-0.3, -0.25) is 20.0 Å². The molecule has 0 radical (unpaired) electrons. The lowest BCUT2D eigenvalue weighted by molar-refractivity contribution is -0.204. The van der Waals surface area contributed by atoms with E-state index in [0.717, 1.165) is 59.0 Å². The van der Waals surface area contributed by atoms with Crippen LogP contribution in [-0.2, 0) is 26.8 Å². The van der Waals surface area contributed by atoms with Crippen molar-refractivity contribution >= 4 is 50.2 Å². The molecule has 2 saturated heterocycles. The van der Waals surface area contributed by atoms with Gasteiger partial charge in [0, 0.05) is 101 Å². The first-order valence-electron chi connectivity index (χ1n) is 23.5. The second-order valence-corrected chi connectivity index (χ2v) is 22.3. The molecule has 5 aliphatic heterocycles. The molecule has 2 aromatic carbocycles. The molecule has 2 amide bonds. The smallest absolute Gasteiger partial charge is 0.426 e. The molecule has 4 aromatic rings. The van der Waals surface area contributed by atoms with Crippen molar-refractivity contribution in [3.8, 4) is 5.75 Å². The van der Waals surface area contributed by atoms with E-state index in [1.165, 1.54) is 32.5 Å². The van der Waals surface area contributed by atoms with Gasteiger partial charge < -0.3 is 34.7 Å². The second kappa shape index (κ2) is 17.0. The number of aromatic amines is 1. The average molecular weight is 938 g/mol. The minimum absolute atomic E-state index is 0.0751. The molecule has 10 rings (SSSR count). The molecular weight excluding hydrogens is 875 g/mol. The van der Waals surface area contributed by atoms with Crippen molar-refractivity contribution in [2.75, 3.05) is 64.1 Å². The van der Waals surface area contributed by atoms with E-state index in [1.54, 1.807) is 13.3 Å². The largest absolute Gasteiger partial charge is 0.496 e. The Morgan fingerprint density at radius 3 is 2.61 bits per heavy atom. The van der Waals surface area contributed by atoms with E-state index in [2.05, 4.69) is 86.9 Å². The number of aromatic nitrogens is 2. The molecule has 66 heavy (non-hydrogen) atoms. The number of hydrazine groups is 1. The number of aliphatic hydroxyl groups is 3. The monoisotopic (exact) mass is 937 g/mol. The van der Waals surface area contributed by atoms with Crippen LogP contribution in [0.1, 0.15) is 75.3 Å². The van der Waals surface area contributed by atoms with Gasteiger partial charge in [0.15, 0.2) is 5.60 Å². The number of aliphatic hydroxyl groups excluding tert-OH is 1. The van der Waals surface area contributed by atoms with Crippen molar-refractivity contribution in [3.63, 3.8) is 0 Å². The number of likely N-dealkylation sites (N-methyl/N-ethyl adjacent to an activating group) is 1. The molecule has 1 saturated carbocycles. The van der Waals surface area contributed by atoms with E-state index in [4.69, 9.17) is 9.47 Å². The van der Waals surface area contributed by atoms with Crippen molar-refractivity contribution < 1.29 is 34.4 Å². The number of methoxy groups -OCH3 is 1. The molecule has 6 N–H and O–H groups in total. The molecule has 7 heterocycles. The number of H-pyrrole nitrogens is 1. The molecular formula is C50H63N7O7S2. The number of benzene rings is 2. The molecule has 1 spiro atoms. The Morgan fingerprint density at radius 1 is 1.02 bits per heavy atom. The number of anilines is 1. The van der Waals surface area contributed by atoms with Crippen LogP contribution in [0.5, 0.6) is 5.75 Å². The molecule has 10 atom stereocenters. The van der Waals surface area contributed by atoms with E-state index < -0.39 is 51.6 Å². The van der Waals surface area contributed by atoms with Crippen LogP contribution >= 0.6 is 21.6 Å². The fourth-order valence-electron chi connectivity index (χ4n) is 13.8. The summed E-state index contributed by atoms with van der Waals surface area (Å²) in [5.74, 6) is 0.435. The van der Waals surface area contributed by atoms with Crippen LogP contribution in [0.3, 0.4) is 0 Å². The number of carbonyl (C=O) groups excluding carboxylic acids is 2. The first-order valence-corrected chi connectivity index (χ1v) is 25.8. The van der Waals surface area contributed by atoms with Crippen molar-refractivity contribution in [3.05, 3.63) is 95.3 Å². The Hall–Kier alpha value is -4.29. The number of hydrogen-bond acceptors (Lipinski definition) is 13. The number of piperidine rings is 1. The number of ether oxygens (including phenoxy) is 2. The Labute approximate surface area is 394 Å². The lowest BCUT2D eigenvalue weighted by Gasteiger charge is -2.63. The molecule has 14 nitrogen and oxygen atoms in total. The molecule has 4 unspecified atom stereocenters. The van der Waals surface area contributed by atoms with Gasteiger partial charge in [0.25, 0.3) is 5.91 Å². The summed E-state index contributed by atoms with van der Waals surface area (Å²) >= 11 is 0. The number of para-hydroxylation sites is 1. The van der Waals surface area contributed by atoms with Gasteiger partial charge in [-0.05, 0) is 104 Å². The average Bonchev–Trinajstić information content (AvgIpc) is 3.99. The highest BCUT2D eigenvalue weighted by Gasteiger charge is 2.78. The topological polar surface area (TPSA) is 176 Å². The Balaban J connectivity index is 1.05. The van der Waals surface area contributed by atoms with Gasteiger partial charge in [-0.15, -0.1) is 0 Å². The van der Waals surface area contributed by atoms with Crippen LogP contribution < -0.4 is 20.5 Å². The maximum Gasteiger partial charge on any atom is 0.426 e. The lowest BCUT2D eigenvalue weighted by Crippen LogP contribution is -2.82. The number of hydrogen-bond donors (Lipinski definition) is 6. The summed E-state index contributed by atoms with van der Waals surface area (Å²) in [6, 6.07) is 17.4. The third-order valence-electron chi connectivity index (χ3n) is 16.5. The van der Waals surface area contributed by atoms with Crippen LogP contribution in [0.15, 0.2) is 78.0 Å². The third kappa shape index (κ3) is 6.90. The van der Waals surface area contributed by atoms with Gasteiger partial charge in [-0.25, -0.2) is 15.2 Å². The zero-order chi connectivity index (χ0) is 46.2. The summed E-state index contributed by atoms with van der Waals surface area (Å²) in [5, 5.41) is 40.2. The fourth-order valence-corrected chi connectivity index (χ4v) is 15.5. The molecule has 6 aliphatic rings. The standard InChI is InChI=1S/C50H63N7O7S2/c1-6-47(61)28-31-27-46(3,40-33(16-21-56(29-31)30-47)32-13-8-9-14-36(32)52-40)35-25-34-37(26-38(35)63-5)55(4)42-49(34)18-22-57-20-12-17-48(7-2,41(49)57)43(58)50(42,62)44(59)53-54-45(60)64-23-24-65-66-39-15-10-11-19-51-39/h8-15,17,19,25-26,31,41-43,52,58,61-62H,6-7,16,18,20-24,27-30H2,1-5H3,(H,53,59)(H,54,60)/t31?,41-,42+,43+,46+,47?,48+,49+,50?/m0/s1. The number of pyridine rings is 1. The zero-order valence-corrected chi connectivity index (χ0v) is 40.1. The molecule has 16 heteroatoms. The first-order chi connectivity index (χ1) is 31.8. The predicted octanol–water partition coefficient (Wildman–Crippen LogP) is 5.69. The SMILES string of the molecule is CCC1(O)CC2CN(CCc3c([nH]c4ccccc34)[C@@](C)(c3cc4c(cc3OC)N(C)[C@H]3C(O)(C(=O)NNC(=O)OCCSSc5ccccn5)[C@H](O)[C@]5(CC)C=CCN6CC[C@]43[C@@H]65)C2)C1. The highest BCUT2D eigenvalue weighted by atomic mass is 33.1. The molecule has 352 valence electrons. The van der Waals surface area contributed by atoms with Crippen molar-refractivity contribution in [2.24, 2.45) is 11.3 Å². The molecule has 2 aromatic heterocycles. The third-order valence-corrected chi connectivity index (χ3v) is 18.7. The predicted molar refractivity (Wildman–Crippen MR) is 258 cm³/mol. The van der Waals surface area contributed by atoms with E-state index >= 15 is 0 Å². The maximum absolute atomic E-state index is 14.9. The fraction of sp³-hybridized carbons (Fsp3) is 0.540. The van der Waals surface area contributed by atoms with Gasteiger partial charge in [0.05, 0.1) is 18.8 Å². The maximum atomic E-state index is 14.9. The normalized spacial score (nSPS) is 34.3. The Kier molecular flexibility index (Phi) is 11.7. The van der Waals surface area contributed by atoms with Crippen LogP contribution in [-0.4, -0.2) is 136 Å². The lowest BCUT2D eigenvalue weighted by atomic mass is 9.47. The number of fused-ring (bicyclic) bond motifs is 6. The van der Waals surface area contributed by atoms with E-state index in [1.807, 2.05) is 43.1 Å².